The SMILES string of the molecule is O=C1COc2ccc(C3SC4=NC=C[N+]4NC3c3ccccc3F)cc2N1. The molecule has 6 nitrogen and oxygen atoms in total. The Kier molecular flexibility index (Phi) is 3.96. The standard InChI is InChI=1S/C19H15FN4O2S/c20-13-4-2-1-3-12(13)17-18(27-19-21-7-8-24(19)23-17)11-5-6-15-14(9-11)22-16(25)10-26-15/h1-9,17-18,23H,10H2,(H,22,25)/q+1. The highest BCUT2D eigenvalue weighted by Crippen LogP contribution is 2.46. The highest BCUT2D eigenvalue weighted by atomic mass is 32.2. The van der Waals surface area contributed by atoms with Crippen LogP contribution >= 0.6 is 11.8 Å². The molecule has 1 fully saturated rings. The van der Waals surface area contributed by atoms with E-state index < -0.39 is 0 Å². The Bertz CT molecular complexity index is 993. The number of carbonyl (C=O) groups excluding carboxylic acids is 1. The third-order valence-corrected chi connectivity index (χ3v) is 5.94. The number of amidine groups is 1. The van der Waals surface area contributed by atoms with E-state index in [1.807, 2.05) is 35.5 Å². The molecule has 2 aromatic rings. The Hall–Kier alpha value is -2.68. The molecular formula is C19H15FN4O2S+. The predicted octanol–water partition coefficient (Wildman–Crippen LogP) is 3.17. The van der Waals surface area contributed by atoms with Crippen molar-refractivity contribution < 1.29 is 13.9 Å². The fraction of sp³-hybridized carbons (Fsp3) is 0.158. The smallest absolute Gasteiger partial charge is 0.341 e. The summed E-state index contributed by atoms with van der Waals surface area (Å²) in [6, 6.07) is 12.1. The molecular weight excluding hydrogens is 367 g/mol. The number of benzene rings is 2. The molecule has 0 spiro atoms. The molecule has 1 radical (unpaired) electrons. The van der Waals surface area contributed by atoms with Gasteiger partial charge >= 0.3 is 5.17 Å². The second-order valence-corrected chi connectivity index (χ2v) is 7.45. The Morgan fingerprint density at radius 1 is 1.26 bits per heavy atom. The van der Waals surface area contributed by atoms with Crippen molar-refractivity contribution in [3.8, 4) is 5.75 Å². The number of anilines is 1. The van der Waals surface area contributed by atoms with Crippen LogP contribution in [-0.2, 0) is 4.79 Å². The highest BCUT2D eigenvalue weighted by molar-refractivity contribution is 8.14. The molecule has 1 amide bonds. The van der Waals surface area contributed by atoms with E-state index in [1.165, 1.54) is 6.07 Å². The summed E-state index contributed by atoms with van der Waals surface area (Å²) in [6.07, 6.45) is 3.52. The molecule has 0 aliphatic carbocycles. The maximum absolute atomic E-state index is 14.5. The quantitative estimate of drug-likeness (QED) is 0.783. The second kappa shape index (κ2) is 6.49. The minimum absolute atomic E-state index is 0.0152. The monoisotopic (exact) mass is 382 g/mol. The van der Waals surface area contributed by atoms with E-state index in [1.54, 1.807) is 30.1 Å². The minimum atomic E-state index is -0.309. The Balaban J connectivity index is 1.56. The molecule has 0 saturated carbocycles. The lowest BCUT2D eigenvalue weighted by Gasteiger charge is -2.31. The summed E-state index contributed by atoms with van der Waals surface area (Å²) in [7, 11) is 0. The first-order chi connectivity index (χ1) is 13.2. The molecule has 5 rings (SSSR count). The lowest BCUT2D eigenvalue weighted by atomic mass is 9.97. The van der Waals surface area contributed by atoms with Crippen molar-refractivity contribution in [3.05, 3.63) is 71.8 Å². The third kappa shape index (κ3) is 2.91. The number of hydrogen-bond acceptors (Lipinski definition) is 6. The van der Waals surface area contributed by atoms with Gasteiger partial charge in [0.2, 0.25) is 0 Å². The van der Waals surface area contributed by atoms with Crippen LogP contribution in [0.25, 0.3) is 0 Å². The molecule has 0 aromatic heterocycles. The summed E-state index contributed by atoms with van der Waals surface area (Å²) in [5, 5.41) is 5.30. The van der Waals surface area contributed by atoms with Crippen molar-refractivity contribution in [2.45, 2.75) is 11.3 Å². The first-order valence-electron chi connectivity index (χ1n) is 8.46. The number of fused-ring (bicyclic) bond motifs is 2. The topological polar surface area (TPSA) is 68.6 Å². The largest absolute Gasteiger partial charge is 0.482 e. The molecule has 1 saturated heterocycles. The molecule has 2 atom stereocenters. The van der Waals surface area contributed by atoms with Gasteiger partial charge in [-0.2, -0.15) is 4.99 Å². The Morgan fingerprint density at radius 3 is 3.04 bits per heavy atom. The van der Waals surface area contributed by atoms with Crippen LogP contribution in [0.15, 0.2) is 59.9 Å². The first-order valence-corrected chi connectivity index (χ1v) is 9.34. The van der Waals surface area contributed by atoms with Gasteiger partial charge in [0.15, 0.2) is 12.8 Å². The summed E-state index contributed by atoms with van der Waals surface area (Å²) in [4.78, 5) is 16.0. The molecule has 27 heavy (non-hydrogen) atoms. The number of hydrogen-bond donors (Lipinski definition) is 2. The van der Waals surface area contributed by atoms with Gasteiger partial charge in [0.25, 0.3) is 5.91 Å². The second-order valence-electron chi connectivity index (χ2n) is 6.34. The van der Waals surface area contributed by atoms with Gasteiger partial charge in [0, 0.05) is 10.6 Å². The summed E-state index contributed by atoms with van der Waals surface area (Å²) in [5.74, 6) is 0.185. The van der Waals surface area contributed by atoms with Crippen LogP contribution in [0.5, 0.6) is 5.75 Å². The zero-order chi connectivity index (χ0) is 18.4. The van der Waals surface area contributed by atoms with Crippen molar-refractivity contribution in [3.63, 3.8) is 0 Å². The molecule has 2 aromatic carbocycles. The normalized spacial score (nSPS) is 23.9. The van der Waals surface area contributed by atoms with Gasteiger partial charge < -0.3 is 10.1 Å². The molecule has 0 bridgehead atoms. The van der Waals surface area contributed by atoms with Crippen molar-refractivity contribution >= 4 is 28.5 Å². The van der Waals surface area contributed by atoms with Crippen LogP contribution < -0.4 is 20.5 Å². The van der Waals surface area contributed by atoms with Gasteiger partial charge in [0.05, 0.1) is 17.1 Å². The number of carbonyl (C=O) groups is 1. The van der Waals surface area contributed by atoms with Crippen molar-refractivity contribution in [2.75, 3.05) is 11.9 Å². The summed E-state index contributed by atoms with van der Waals surface area (Å²) in [6.45, 7) is 0.0152. The Labute approximate surface area is 159 Å². The maximum atomic E-state index is 14.5. The third-order valence-electron chi connectivity index (χ3n) is 4.63. The molecule has 135 valence electrons. The molecule has 2 unspecified atom stereocenters. The number of thioether (sulfide) groups is 1. The lowest BCUT2D eigenvalue weighted by molar-refractivity contribution is -0.118. The number of ether oxygens (including phenoxy) is 1. The van der Waals surface area contributed by atoms with E-state index in [4.69, 9.17) is 4.74 Å². The fourth-order valence-electron chi connectivity index (χ4n) is 3.37. The zero-order valence-electron chi connectivity index (χ0n) is 14.1. The van der Waals surface area contributed by atoms with E-state index in [9.17, 15) is 9.18 Å². The maximum Gasteiger partial charge on any atom is 0.341 e. The molecule has 8 heteroatoms. The van der Waals surface area contributed by atoms with Crippen LogP contribution in [-0.4, -0.2) is 17.7 Å². The molecule has 2 N–H and O–H groups in total. The zero-order valence-corrected chi connectivity index (χ0v) is 14.9. The number of nitrogens with one attached hydrogen (secondary N) is 2. The van der Waals surface area contributed by atoms with Crippen molar-refractivity contribution in [1.29, 1.82) is 0 Å². The van der Waals surface area contributed by atoms with E-state index in [2.05, 4.69) is 15.7 Å². The Morgan fingerprint density at radius 2 is 2.15 bits per heavy atom. The summed E-state index contributed by atoms with van der Waals surface area (Å²) < 4.78 is 20.0. The number of nitrogens with zero attached hydrogens (tertiary/aromatic N) is 2. The number of halogens is 1. The number of hydrazine groups is 1. The van der Waals surface area contributed by atoms with Crippen LogP contribution in [0.1, 0.15) is 22.4 Å². The molecule has 3 aliphatic rings. The van der Waals surface area contributed by atoms with Crippen molar-refractivity contribution in [1.82, 2.24) is 10.4 Å². The van der Waals surface area contributed by atoms with E-state index in [0.29, 0.717) is 17.0 Å². The summed E-state index contributed by atoms with van der Waals surface area (Å²) in [5.41, 5.74) is 5.50. The van der Waals surface area contributed by atoms with Gasteiger partial charge in [-0.05, 0) is 35.5 Å². The van der Waals surface area contributed by atoms with Crippen LogP contribution in [0, 0.1) is 5.82 Å². The number of amides is 1. The van der Waals surface area contributed by atoms with E-state index in [-0.39, 0.29) is 29.6 Å². The molecule has 3 heterocycles. The number of rotatable bonds is 2. The van der Waals surface area contributed by atoms with Gasteiger partial charge in [-0.3, -0.25) is 4.79 Å². The lowest BCUT2D eigenvalue weighted by Crippen LogP contribution is -2.49. The van der Waals surface area contributed by atoms with E-state index >= 15 is 0 Å². The van der Waals surface area contributed by atoms with Crippen LogP contribution in [0.2, 0.25) is 0 Å². The average Bonchev–Trinajstić information content (AvgIpc) is 3.14. The van der Waals surface area contributed by atoms with E-state index in [0.717, 1.165) is 10.7 Å². The fourth-order valence-corrected chi connectivity index (χ4v) is 4.57. The van der Waals surface area contributed by atoms with Crippen molar-refractivity contribution in [2.24, 2.45) is 4.99 Å². The molecule has 3 aliphatic heterocycles. The summed E-state index contributed by atoms with van der Waals surface area (Å²) >= 11 is 1.55. The van der Waals surface area contributed by atoms with Gasteiger partial charge in [0.1, 0.15) is 17.6 Å². The highest BCUT2D eigenvalue weighted by Gasteiger charge is 2.44. The first kappa shape index (κ1) is 16.5. The average molecular weight is 382 g/mol. The van der Waals surface area contributed by atoms with Crippen LogP contribution in [0.3, 0.4) is 0 Å². The minimum Gasteiger partial charge on any atom is -0.482 e. The van der Waals surface area contributed by atoms with Gasteiger partial charge in [-0.15, -0.1) is 0 Å². The van der Waals surface area contributed by atoms with Gasteiger partial charge in [-0.25, -0.2) is 4.39 Å². The van der Waals surface area contributed by atoms with Gasteiger partial charge in [-0.1, -0.05) is 29.7 Å². The predicted molar refractivity (Wildman–Crippen MR) is 102 cm³/mol. The number of aliphatic imine (C=N–C) groups is 1. The van der Waals surface area contributed by atoms with Crippen LogP contribution in [0.4, 0.5) is 10.1 Å².